The van der Waals surface area contributed by atoms with E-state index >= 15 is 0 Å². The summed E-state index contributed by atoms with van der Waals surface area (Å²) >= 11 is 6.48. The molecule has 0 spiro atoms. The fourth-order valence-corrected chi connectivity index (χ4v) is 2.65. The number of halogens is 6. The van der Waals surface area contributed by atoms with Crippen LogP contribution in [0.5, 0.6) is 0 Å². The van der Waals surface area contributed by atoms with Crippen LogP contribution in [0, 0.1) is 29.1 Å². The SMILES string of the molecule is OC(c1sccc1Cl)c1c(F)c(F)c(F)c(F)c1F. The second-order valence-corrected chi connectivity index (χ2v) is 4.87. The smallest absolute Gasteiger partial charge is 0.200 e. The molecule has 8 heteroatoms. The van der Waals surface area contributed by atoms with Crippen LogP contribution in [0.1, 0.15) is 16.5 Å². The van der Waals surface area contributed by atoms with Crippen molar-refractivity contribution in [2.45, 2.75) is 6.10 Å². The van der Waals surface area contributed by atoms with Crippen molar-refractivity contribution >= 4 is 22.9 Å². The van der Waals surface area contributed by atoms with Crippen molar-refractivity contribution in [2.24, 2.45) is 0 Å². The molecule has 0 radical (unpaired) electrons. The Morgan fingerprint density at radius 3 is 1.84 bits per heavy atom. The Bertz CT molecular complexity index is 613. The molecule has 0 saturated heterocycles. The van der Waals surface area contributed by atoms with E-state index in [0.29, 0.717) is 0 Å². The first-order chi connectivity index (χ1) is 8.86. The minimum absolute atomic E-state index is 0.0264. The number of aliphatic hydroxyl groups is 1. The highest BCUT2D eigenvalue weighted by Crippen LogP contribution is 2.36. The quantitative estimate of drug-likeness (QED) is 0.501. The molecule has 1 unspecified atom stereocenters. The average Bonchev–Trinajstić information content (AvgIpc) is 2.80. The van der Waals surface area contributed by atoms with Gasteiger partial charge in [0.2, 0.25) is 5.82 Å². The second kappa shape index (κ2) is 5.07. The van der Waals surface area contributed by atoms with E-state index in [4.69, 9.17) is 11.6 Å². The summed E-state index contributed by atoms with van der Waals surface area (Å²) in [6.07, 6.45) is -2.03. The minimum atomic E-state index is -2.27. The molecular weight excluding hydrogens is 311 g/mol. The molecule has 2 rings (SSSR count). The molecular formula is C11H4ClF5OS. The predicted octanol–water partition coefficient (Wildman–Crippen LogP) is 4.18. The van der Waals surface area contributed by atoms with E-state index in [9.17, 15) is 27.1 Å². The summed E-state index contributed by atoms with van der Waals surface area (Å²) in [5, 5.41) is 11.1. The largest absolute Gasteiger partial charge is 0.383 e. The van der Waals surface area contributed by atoms with E-state index in [1.807, 2.05) is 0 Å². The molecule has 102 valence electrons. The van der Waals surface area contributed by atoms with E-state index in [1.54, 1.807) is 0 Å². The summed E-state index contributed by atoms with van der Waals surface area (Å²) in [5.41, 5.74) is -1.32. The van der Waals surface area contributed by atoms with Crippen LogP contribution in [0.25, 0.3) is 0 Å². The van der Waals surface area contributed by atoms with Gasteiger partial charge in [0.05, 0.1) is 15.5 Å². The molecule has 2 aromatic rings. The molecule has 0 aliphatic heterocycles. The van der Waals surface area contributed by atoms with Crippen molar-refractivity contribution < 1.29 is 27.1 Å². The third-order valence-electron chi connectivity index (χ3n) is 2.41. The fraction of sp³-hybridized carbons (Fsp3) is 0.0909. The zero-order valence-electron chi connectivity index (χ0n) is 8.86. The van der Waals surface area contributed by atoms with Gasteiger partial charge in [-0.05, 0) is 11.4 Å². The third kappa shape index (κ3) is 2.22. The molecule has 0 bridgehead atoms. The Kier molecular flexibility index (Phi) is 3.80. The summed E-state index contributed by atoms with van der Waals surface area (Å²) in [5.74, 6) is -10.6. The van der Waals surface area contributed by atoms with Crippen LogP contribution < -0.4 is 0 Å². The van der Waals surface area contributed by atoms with Gasteiger partial charge in [0.1, 0.15) is 6.10 Å². The van der Waals surface area contributed by atoms with E-state index in [2.05, 4.69) is 0 Å². The highest BCUT2D eigenvalue weighted by atomic mass is 35.5. The maximum Gasteiger partial charge on any atom is 0.200 e. The van der Waals surface area contributed by atoms with Gasteiger partial charge in [-0.2, -0.15) is 0 Å². The summed E-state index contributed by atoms with van der Waals surface area (Å²) in [7, 11) is 0. The summed E-state index contributed by atoms with van der Waals surface area (Å²) in [4.78, 5) is -0.107. The van der Waals surface area contributed by atoms with Crippen LogP contribution in [0.2, 0.25) is 5.02 Å². The maximum atomic E-state index is 13.5. The van der Waals surface area contributed by atoms with Crippen molar-refractivity contribution in [3.8, 4) is 0 Å². The number of rotatable bonds is 2. The lowest BCUT2D eigenvalue weighted by molar-refractivity contribution is 0.206. The number of aliphatic hydroxyl groups excluding tert-OH is 1. The fourth-order valence-electron chi connectivity index (χ4n) is 1.49. The van der Waals surface area contributed by atoms with E-state index < -0.39 is 40.8 Å². The van der Waals surface area contributed by atoms with Crippen LogP contribution in [-0.4, -0.2) is 5.11 Å². The van der Waals surface area contributed by atoms with Crippen molar-refractivity contribution in [3.63, 3.8) is 0 Å². The Morgan fingerprint density at radius 2 is 1.42 bits per heavy atom. The highest BCUT2D eigenvalue weighted by molar-refractivity contribution is 7.10. The topological polar surface area (TPSA) is 20.2 Å². The van der Waals surface area contributed by atoms with Crippen molar-refractivity contribution in [3.05, 3.63) is 56.0 Å². The highest BCUT2D eigenvalue weighted by Gasteiger charge is 2.31. The van der Waals surface area contributed by atoms with Gasteiger partial charge in [0.15, 0.2) is 23.3 Å². The first-order valence-electron chi connectivity index (χ1n) is 4.78. The van der Waals surface area contributed by atoms with Crippen LogP contribution in [0.4, 0.5) is 22.0 Å². The Hall–Kier alpha value is -1.18. The van der Waals surface area contributed by atoms with Crippen LogP contribution >= 0.6 is 22.9 Å². The summed E-state index contributed by atoms with van der Waals surface area (Å²) in [6, 6.07) is 1.33. The summed E-state index contributed by atoms with van der Waals surface area (Å²) in [6.45, 7) is 0. The number of hydrogen-bond donors (Lipinski definition) is 1. The number of thiophene rings is 1. The first-order valence-corrected chi connectivity index (χ1v) is 6.04. The monoisotopic (exact) mass is 314 g/mol. The maximum absolute atomic E-state index is 13.5. The van der Waals surface area contributed by atoms with Gasteiger partial charge in [-0.15, -0.1) is 11.3 Å². The van der Waals surface area contributed by atoms with Crippen LogP contribution in [0.15, 0.2) is 11.4 Å². The molecule has 1 aromatic heterocycles. The lowest BCUT2D eigenvalue weighted by atomic mass is 10.1. The Labute approximate surface area is 112 Å². The van der Waals surface area contributed by atoms with Crippen molar-refractivity contribution in [2.75, 3.05) is 0 Å². The molecule has 19 heavy (non-hydrogen) atoms. The lowest BCUT2D eigenvalue weighted by Gasteiger charge is -2.13. The van der Waals surface area contributed by atoms with E-state index in [-0.39, 0.29) is 9.90 Å². The van der Waals surface area contributed by atoms with Gasteiger partial charge < -0.3 is 5.11 Å². The molecule has 0 amide bonds. The Balaban J connectivity index is 2.67. The average molecular weight is 315 g/mol. The summed E-state index contributed by atoms with van der Waals surface area (Å²) < 4.78 is 65.8. The normalized spacial score (nSPS) is 12.8. The minimum Gasteiger partial charge on any atom is -0.383 e. The van der Waals surface area contributed by atoms with Crippen molar-refractivity contribution in [1.29, 1.82) is 0 Å². The Morgan fingerprint density at radius 1 is 0.947 bits per heavy atom. The van der Waals surface area contributed by atoms with E-state index in [1.165, 1.54) is 11.4 Å². The van der Waals surface area contributed by atoms with Crippen LogP contribution in [-0.2, 0) is 0 Å². The molecule has 0 fully saturated rings. The predicted molar refractivity (Wildman–Crippen MR) is 59.6 cm³/mol. The third-order valence-corrected chi connectivity index (χ3v) is 3.82. The zero-order valence-corrected chi connectivity index (χ0v) is 10.4. The molecule has 1 aromatic carbocycles. The first kappa shape index (κ1) is 14.2. The molecule has 0 aliphatic carbocycles. The zero-order chi connectivity index (χ0) is 14.3. The molecule has 1 heterocycles. The van der Waals surface area contributed by atoms with Gasteiger partial charge in [0, 0.05) is 0 Å². The van der Waals surface area contributed by atoms with Gasteiger partial charge >= 0.3 is 0 Å². The molecule has 1 nitrogen and oxygen atoms in total. The molecule has 1 N–H and O–H groups in total. The van der Waals surface area contributed by atoms with Crippen LogP contribution in [0.3, 0.4) is 0 Å². The van der Waals surface area contributed by atoms with E-state index in [0.717, 1.165) is 11.3 Å². The molecule has 1 atom stereocenters. The molecule has 0 saturated carbocycles. The van der Waals surface area contributed by atoms with Crippen molar-refractivity contribution in [1.82, 2.24) is 0 Å². The number of benzene rings is 1. The van der Waals surface area contributed by atoms with Gasteiger partial charge in [-0.1, -0.05) is 11.6 Å². The van der Waals surface area contributed by atoms with Gasteiger partial charge in [-0.25, -0.2) is 22.0 Å². The lowest BCUT2D eigenvalue weighted by Crippen LogP contribution is -2.11. The molecule has 0 aliphatic rings. The second-order valence-electron chi connectivity index (χ2n) is 3.52. The van der Waals surface area contributed by atoms with Gasteiger partial charge in [-0.3, -0.25) is 0 Å². The standard InChI is InChI=1S/C11H4ClF5OS/c12-3-1-2-19-11(3)10(18)4-5(13)7(15)9(17)8(16)6(4)14/h1-2,10,18H. The van der Waals surface area contributed by atoms with Gasteiger partial charge in [0.25, 0.3) is 0 Å². The number of hydrogen-bond acceptors (Lipinski definition) is 2.